The maximum Gasteiger partial charge on any atom is 0.238 e. The molecule has 0 saturated carbocycles. The molecule has 0 bridgehead atoms. The van der Waals surface area contributed by atoms with Crippen molar-refractivity contribution in [2.45, 2.75) is 33.1 Å². The molecular formula is C17H27N3O. The van der Waals surface area contributed by atoms with Crippen LogP contribution in [0.25, 0.3) is 0 Å². The van der Waals surface area contributed by atoms with Crippen LogP contribution < -0.4 is 11.1 Å². The summed E-state index contributed by atoms with van der Waals surface area (Å²) in [6.07, 6.45) is 3.67. The molecule has 1 aromatic rings. The van der Waals surface area contributed by atoms with E-state index in [1.165, 1.54) is 19.3 Å². The summed E-state index contributed by atoms with van der Waals surface area (Å²) in [7, 11) is 0. The molecule has 0 aliphatic carbocycles. The third kappa shape index (κ3) is 5.05. The van der Waals surface area contributed by atoms with Crippen molar-refractivity contribution in [2.75, 3.05) is 30.7 Å². The van der Waals surface area contributed by atoms with Crippen LogP contribution in [-0.4, -0.2) is 30.4 Å². The maximum atomic E-state index is 12.1. The number of benzene rings is 1. The van der Waals surface area contributed by atoms with Crippen molar-refractivity contribution in [1.29, 1.82) is 0 Å². The first-order valence-electron chi connectivity index (χ1n) is 7.92. The van der Waals surface area contributed by atoms with E-state index in [9.17, 15) is 4.79 Å². The minimum Gasteiger partial charge on any atom is -0.399 e. The molecule has 2 rings (SSSR count). The summed E-state index contributed by atoms with van der Waals surface area (Å²) >= 11 is 0. The van der Waals surface area contributed by atoms with E-state index >= 15 is 0 Å². The Hall–Kier alpha value is -1.55. The summed E-state index contributed by atoms with van der Waals surface area (Å²) < 4.78 is 0. The lowest BCUT2D eigenvalue weighted by Crippen LogP contribution is -2.34. The number of amides is 1. The Morgan fingerprint density at radius 2 is 2.19 bits per heavy atom. The molecule has 1 aliphatic heterocycles. The molecule has 0 spiro atoms. The van der Waals surface area contributed by atoms with Crippen molar-refractivity contribution >= 4 is 17.3 Å². The van der Waals surface area contributed by atoms with Crippen LogP contribution >= 0.6 is 0 Å². The molecule has 1 atom stereocenters. The highest BCUT2D eigenvalue weighted by molar-refractivity contribution is 5.92. The van der Waals surface area contributed by atoms with E-state index in [-0.39, 0.29) is 5.91 Å². The average Bonchev–Trinajstić information content (AvgIpc) is 2.64. The van der Waals surface area contributed by atoms with Gasteiger partial charge in [0, 0.05) is 11.4 Å². The van der Waals surface area contributed by atoms with Gasteiger partial charge in [-0.15, -0.1) is 0 Å². The standard InChI is InChI=1S/C17H27N3O/c1-13(2)14-5-4-9-20(10-8-14)12-17(21)19-16-7-3-6-15(18)11-16/h3,6-7,11,13-14H,4-5,8-10,12,18H2,1-2H3,(H,19,21). The van der Waals surface area contributed by atoms with Crippen LogP contribution in [0.15, 0.2) is 24.3 Å². The van der Waals surface area contributed by atoms with Crippen LogP contribution in [0.3, 0.4) is 0 Å². The molecule has 21 heavy (non-hydrogen) atoms. The van der Waals surface area contributed by atoms with E-state index in [2.05, 4.69) is 24.1 Å². The summed E-state index contributed by atoms with van der Waals surface area (Å²) in [6, 6.07) is 7.32. The van der Waals surface area contributed by atoms with Gasteiger partial charge in [-0.25, -0.2) is 0 Å². The van der Waals surface area contributed by atoms with Crippen LogP contribution in [-0.2, 0) is 4.79 Å². The lowest BCUT2D eigenvalue weighted by Gasteiger charge is -2.20. The monoisotopic (exact) mass is 289 g/mol. The molecule has 1 aromatic carbocycles. The number of nitrogens with one attached hydrogen (secondary N) is 1. The van der Waals surface area contributed by atoms with Gasteiger partial charge in [0.2, 0.25) is 5.91 Å². The van der Waals surface area contributed by atoms with Crippen LogP contribution in [0.2, 0.25) is 0 Å². The number of hydrogen-bond acceptors (Lipinski definition) is 3. The van der Waals surface area contributed by atoms with Gasteiger partial charge in [0.15, 0.2) is 0 Å². The number of rotatable bonds is 4. The fourth-order valence-electron chi connectivity index (χ4n) is 3.03. The van der Waals surface area contributed by atoms with Crippen molar-refractivity contribution in [2.24, 2.45) is 11.8 Å². The molecule has 1 saturated heterocycles. The molecular weight excluding hydrogens is 262 g/mol. The van der Waals surface area contributed by atoms with Gasteiger partial charge in [0.25, 0.3) is 0 Å². The summed E-state index contributed by atoms with van der Waals surface area (Å²) in [4.78, 5) is 14.4. The van der Waals surface area contributed by atoms with Gasteiger partial charge in [-0.05, 0) is 62.4 Å². The second-order valence-electron chi connectivity index (χ2n) is 6.38. The van der Waals surface area contributed by atoms with E-state index < -0.39 is 0 Å². The van der Waals surface area contributed by atoms with E-state index in [4.69, 9.17) is 5.73 Å². The molecule has 0 aromatic heterocycles. The molecule has 1 unspecified atom stereocenters. The summed E-state index contributed by atoms with van der Waals surface area (Å²) in [5.74, 6) is 1.58. The molecule has 1 fully saturated rings. The zero-order chi connectivity index (χ0) is 15.2. The largest absolute Gasteiger partial charge is 0.399 e. The van der Waals surface area contributed by atoms with Gasteiger partial charge >= 0.3 is 0 Å². The zero-order valence-corrected chi connectivity index (χ0v) is 13.1. The lowest BCUT2D eigenvalue weighted by molar-refractivity contribution is -0.117. The first kappa shape index (κ1) is 15.8. The van der Waals surface area contributed by atoms with Gasteiger partial charge in [0.1, 0.15) is 0 Å². The number of hydrogen-bond donors (Lipinski definition) is 2. The third-order valence-electron chi connectivity index (χ3n) is 4.35. The Morgan fingerprint density at radius 3 is 2.90 bits per heavy atom. The SMILES string of the molecule is CC(C)C1CCCN(CC(=O)Nc2cccc(N)c2)CC1. The van der Waals surface area contributed by atoms with Gasteiger partial charge < -0.3 is 11.1 Å². The highest BCUT2D eigenvalue weighted by atomic mass is 16.2. The van der Waals surface area contributed by atoms with Crippen LogP contribution in [0.4, 0.5) is 11.4 Å². The number of anilines is 2. The van der Waals surface area contributed by atoms with Gasteiger partial charge in [-0.3, -0.25) is 9.69 Å². The Labute approximate surface area is 127 Å². The summed E-state index contributed by atoms with van der Waals surface area (Å²) in [5.41, 5.74) is 7.16. The quantitative estimate of drug-likeness (QED) is 0.838. The Morgan fingerprint density at radius 1 is 1.38 bits per heavy atom. The Balaban J connectivity index is 1.82. The summed E-state index contributed by atoms with van der Waals surface area (Å²) in [6.45, 7) is 7.11. The number of nitrogens with two attached hydrogens (primary N) is 1. The number of nitrogen functional groups attached to an aromatic ring is 1. The minimum absolute atomic E-state index is 0.0450. The number of carbonyl (C=O) groups excluding carboxylic acids is 1. The van der Waals surface area contributed by atoms with Crippen LogP contribution in [0.5, 0.6) is 0 Å². The van der Waals surface area contributed by atoms with Gasteiger partial charge in [-0.2, -0.15) is 0 Å². The van der Waals surface area contributed by atoms with Crippen molar-refractivity contribution < 1.29 is 4.79 Å². The number of nitrogens with zero attached hydrogens (tertiary/aromatic N) is 1. The fraction of sp³-hybridized carbons (Fsp3) is 0.588. The van der Waals surface area contributed by atoms with Crippen molar-refractivity contribution in [1.82, 2.24) is 4.90 Å². The smallest absolute Gasteiger partial charge is 0.238 e. The normalized spacial score (nSPS) is 20.2. The third-order valence-corrected chi connectivity index (χ3v) is 4.35. The van der Waals surface area contributed by atoms with Crippen LogP contribution in [0, 0.1) is 11.8 Å². The molecule has 1 heterocycles. The molecule has 0 radical (unpaired) electrons. The van der Waals surface area contributed by atoms with Crippen molar-refractivity contribution in [3.63, 3.8) is 0 Å². The molecule has 4 nitrogen and oxygen atoms in total. The summed E-state index contributed by atoms with van der Waals surface area (Å²) in [5, 5.41) is 2.92. The van der Waals surface area contributed by atoms with Crippen LogP contribution in [0.1, 0.15) is 33.1 Å². The molecule has 1 amide bonds. The highest BCUT2D eigenvalue weighted by Crippen LogP contribution is 2.24. The Bertz CT molecular complexity index is 473. The van der Waals surface area contributed by atoms with E-state index in [1.54, 1.807) is 6.07 Å². The van der Waals surface area contributed by atoms with Gasteiger partial charge in [-0.1, -0.05) is 19.9 Å². The topological polar surface area (TPSA) is 58.4 Å². The maximum absolute atomic E-state index is 12.1. The highest BCUT2D eigenvalue weighted by Gasteiger charge is 2.20. The van der Waals surface area contributed by atoms with Crippen molar-refractivity contribution in [3.05, 3.63) is 24.3 Å². The van der Waals surface area contributed by atoms with E-state index in [1.807, 2.05) is 18.2 Å². The molecule has 3 N–H and O–H groups in total. The Kier molecular flexibility index (Phi) is 5.62. The van der Waals surface area contributed by atoms with E-state index in [0.29, 0.717) is 12.2 Å². The zero-order valence-electron chi connectivity index (χ0n) is 13.1. The predicted octanol–water partition coefficient (Wildman–Crippen LogP) is 2.97. The second-order valence-corrected chi connectivity index (χ2v) is 6.38. The number of likely N-dealkylation sites (tertiary alicyclic amines) is 1. The molecule has 116 valence electrons. The molecule has 4 heteroatoms. The second kappa shape index (κ2) is 7.46. The first-order valence-corrected chi connectivity index (χ1v) is 7.92. The first-order chi connectivity index (χ1) is 10.0. The van der Waals surface area contributed by atoms with E-state index in [0.717, 1.165) is 30.6 Å². The predicted molar refractivity (Wildman–Crippen MR) is 88.1 cm³/mol. The fourth-order valence-corrected chi connectivity index (χ4v) is 3.03. The number of carbonyl (C=O) groups is 1. The lowest BCUT2D eigenvalue weighted by atomic mass is 9.89. The average molecular weight is 289 g/mol. The van der Waals surface area contributed by atoms with Gasteiger partial charge in [0.05, 0.1) is 6.54 Å². The molecule has 1 aliphatic rings. The minimum atomic E-state index is 0.0450. The van der Waals surface area contributed by atoms with Crippen molar-refractivity contribution in [3.8, 4) is 0 Å².